The number of sulfone groups is 1. The molecule has 2 saturated heterocycles. The molecule has 124 valence electrons. The average molecular weight is 336 g/mol. The second-order valence-electron chi connectivity index (χ2n) is 6.15. The molecule has 2 heterocycles. The van der Waals surface area contributed by atoms with Gasteiger partial charge in [0.15, 0.2) is 0 Å². The zero-order valence-corrected chi connectivity index (χ0v) is 13.9. The lowest BCUT2D eigenvalue weighted by Gasteiger charge is -2.39. The number of carbonyl (C=O) groups excluding carboxylic acids is 2. The fourth-order valence-electron chi connectivity index (χ4n) is 3.63. The Morgan fingerprint density at radius 2 is 1.91 bits per heavy atom. The summed E-state index contributed by atoms with van der Waals surface area (Å²) in [5.74, 6) is -0.329. The van der Waals surface area contributed by atoms with Crippen molar-refractivity contribution in [3.8, 4) is 0 Å². The number of nitrogens with zero attached hydrogens (tertiary/aromatic N) is 2. The van der Waals surface area contributed by atoms with Crippen LogP contribution in [0.3, 0.4) is 0 Å². The molecule has 0 spiro atoms. The van der Waals surface area contributed by atoms with Gasteiger partial charge in [-0.15, -0.1) is 0 Å². The van der Waals surface area contributed by atoms with Gasteiger partial charge < -0.3 is 9.80 Å². The Morgan fingerprint density at radius 1 is 1.22 bits per heavy atom. The Bertz CT molecular complexity index is 732. The fraction of sp³-hybridized carbons (Fsp3) is 0.500. The van der Waals surface area contributed by atoms with Gasteiger partial charge in [0.1, 0.15) is 15.5 Å². The third kappa shape index (κ3) is 2.73. The Balaban J connectivity index is 1.94. The van der Waals surface area contributed by atoms with Crippen molar-refractivity contribution >= 4 is 21.7 Å². The normalized spacial score (nSPS) is 24.1. The summed E-state index contributed by atoms with van der Waals surface area (Å²) in [4.78, 5) is 28.3. The quantitative estimate of drug-likeness (QED) is 0.813. The Morgan fingerprint density at radius 3 is 2.57 bits per heavy atom. The van der Waals surface area contributed by atoms with E-state index in [0.29, 0.717) is 25.9 Å². The number of amides is 2. The minimum absolute atomic E-state index is 0.0462. The van der Waals surface area contributed by atoms with Crippen LogP contribution in [0.15, 0.2) is 30.3 Å². The first kappa shape index (κ1) is 16.0. The molecule has 0 N–H and O–H groups in total. The summed E-state index contributed by atoms with van der Waals surface area (Å²) in [6, 6.07) is 9.53. The third-order valence-electron chi connectivity index (χ3n) is 4.65. The molecule has 1 atom stereocenters. The van der Waals surface area contributed by atoms with Crippen molar-refractivity contribution in [2.45, 2.75) is 24.9 Å². The molecule has 0 aliphatic carbocycles. The van der Waals surface area contributed by atoms with Crippen molar-refractivity contribution in [2.24, 2.45) is 0 Å². The molecule has 0 bridgehead atoms. The van der Waals surface area contributed by atoms with Crippen LogP contribution < -0.4 is 0 Å². The van der Waals surface area contributed by atoms with Crippen molar-refractivity contribution in [1.29, 1.82) is 0 Å². The highest BCUT2D eigenvalue weighted by Crippen LogP contribution is 2.46. The van der Waals surface area contributed by atoms with Gasteiger partial charge in [0.05, 0.1) is 5.75 Å². The lowest BCUT2D eigenvalue weighted by atomic mass is 9.95. The van der Waals surface area contributed by atoms with Crippen LogP contribution in [0.25, 0.3) is 0 Å². The molecule has 2 aliphatic heterocycles. The van der Waals surface area contributed by atoms with Gasteiger partial charge in [-0.3, -0.25) is 9.59 Å². The number of rotatable bonds is 4. The van der Waals surface area contributed by atoms with E-state index in [4.69, 9.17) is 0 Å². The second-order valence-corrected chi connectivity index (χ2v) is 8.41. The summed E-state index contributed by atoms with van der Waals surface area (Å²) in [5.41, 5.74) is 0.170. The highest BCUT2D eigenvalue weighted by Gasteiger charge is 2.55. The van der Waals surface area contributed by atoms with E-state index in [1.165, 1.54) is 0 Å². The molecule has 0 saturated carbocycles. The summed E-state index contributed by atoms with van der Waals surface area (Å²) in [6.45, 7) is 0.946. The maximum absolute atomic E-state index is 12.6. The van der Waals surface area contributed by atoms with E-state index in [0.717, 1.165) is 11.8 Å². The van der Waals surface area contributed by atoms with Gasteiger partial charge in [0, 0.05) is 38.6 Å². The van der Waals surface area contributed by atoms with Crippen LogP contribution in [0.5, 0.6) is 0 Å². The smallest absolute Gasteiger partial charge is 0.225 e. The molecule has 0 aromatic heterocycles. The SMILES string of the molecule is CS(=O)(=O)CCC(=O)N1CCN2C(=O)CCC21c1ccccc1. The Kier molecular flexibility index (Phi) is 3.91. The Hall–Kier alpha value is -1.89. The predicted octanol–water partition coefficient (Wildman–Crippen LogP) is 0.739. The summed E-state index contributed by atoms with van der Waals surface area (Å²) >= 11 is 0. The maximum atomic E-state index is 12.6. The first-order chi connectivity index (χ1) is 10.8. The van der Waals surface area contributed by atoms with Crippen molar-refractivity contribution in [1.82, 2.24) is 9.80 Å². The van der Waals surface area contributed by atoms with E-state index in [-0.39, 0.29) is 24.0 Å². The molecule has 7 heteroatoms. The Labute approximate surface area is 136 Å². The van der Waals surface area contributed by atoms with Crippen LogP contribution in [0.2, 0.25) is 0 Å². The molecule has 1 aromatic carbocycles. The number of benzene rings is 1. The van der Waals surface area contributed by atoms with Gasteiger partial charge in [-0.25, -0.2) is 8.42 Å². The summed E-state index contributed by atoms with van der Waals surface area (Å²) < 4.78 is 22.7. The zero-order valence-electron chi connectivity index (χ0n) is 13.1. The monoisotopic (exact) mass is 336 g/mol. The van der Waals surface area contributed by atoms with Crippen LogP contribution in [-0.4, -0.2) is 55.1 Å². The molecular formula is C16H20N2O4S. The molecule has 6 nitrogen and oxygen atoms in total. The molecule has 1 aromatic rings. The van der Waals surface area contributed by atoms with Gasteiger partial charge in [-0.1, -0.05) is 30.3 Å². The molecule has 1 unspecified atom stereocenters. The minimum atomic E-state index is -3.19. The van der Waals surface area contributed by atoms with Crippen molar-refractivity contribution in [3.63, 3.8) is 0 Å². The number of carbonyl (C=O) groups is 2. The molecular weight excluding hydrogens is 316 g/mol. The maximum Gasteiger partial charge on any atom is 0.225 e. The van der Waals surface area contributed by atoms with Crippen LogP contribution in [-0.2, 0) is 25.1 Å². The van der Waals surface area contributed by atoms with Crippen molar-refractivity contribution in [2.75, 3.05) is 25.1 Å². The van der Waals surface area contributed by atoms with E-state index < -0.39 is 15.5 Å². The molecule has 2 aliphatic rings. The van der Waals surface area contributed by atoms with Crippen LogP contribution in [0, 0.1) is 0 Å². The third-order valence-corrected chi connectivity index (χ3v) is 5.60. The molecule has 2 amide bonds. The number of hydrogen-bond donors (Lipinski definition) is 0. The lowest BCUT2D eigenvalue weighted by molar-refractivity contribution is -0.142. The van der Waals surface area contributed by atoms with Gasteiger partial charge in [-0.05, 0) is 5.56 Å². The van der Waals surface area contributed by atoms with Gasteiger partial charge in [0.25, 0.3) is 0 Å². The summed E-state index contributed by atoms with van der Waals surface area (Å²) in [5, 5.41) is 0. The topological polar surface area (TPSA) is 74.8 Å². The summed E-state index contributed by atoms with van der Waals surface area (Å²) in [7, 11) is -3.19. The van der Waals surface area contributed by atoms with E-state index in [2.05, 4.69) is 0 Å². The second kappa shape index (κ2) is 5.63. The summed E-state index contributed by atoms with van der Waals surface area (Å²) in [6.07, 6.45) is 2.04. The van der Waals surface area contributed by atoms with Crippen molar-refractivity contribution < 1.29 is 18.0 Å². The van der Waals surface area contributed by atoms with E-state index in [9.17, 15) is 18.0 Å². The highest BCUT2D eigenvalue weighted by molar-refractivity contribution is 7.90. The van der Waals surface area contributed by atoms with Crippen molar-refractivity contribution in [3.05, 3.63) is 35.9 Å². The zero-order chi connectivity index (χ0) is 16.7. The number of hydrogen-bond acceptors (Lipinski definition) is 4. The van der Waals surface area contributed by atoms with Gasteiger partial charge in [0.2, 0.25) is 11.8 Å². The standard InChI is InChI=1S/C16H20N2O4S/c1-23(21,22)12-8-15(20)18-11-10-17-14(19)7-9-16(17,18)13-5-3-2-4-6-13/h2-6H,7-12H2,1H3. The fourth-order valence-corrected chi connectivity index (χ4v) is 4.18. The van der Waals surface area contributed by atoms with Gasteiger partial charge >= 0.3 is 0 Å². The highest BCUT2D eigenvalue weighted by atomic mass is 32.2. The van der Waals surface area contributed by atoms with Crippen LogP contribution >= 0.6 is 0 Å². The molecule has 3 rings (SSSR count). The molecule has 23 heavy (non-hydrogen) atoms. The molecule has 2 fully saturated rings. The van der Waals surface area contributed by atoms with Crippen LogP contribution in [0.1, 0.15) is 24.8 Å². The first-order valence-corrected chi connectivity index (χ1v) is 9.75. The molecule has 0 radical (unpaired) electrons. The number of fused-ring (bicyclic) bond motifs is 1. The van der Waals surface area contributed by atoms with E-state index in [1.807, 2.05) is 30.3 Å². The average Bonchev–Trinajstić information content (AvgIpc) is 3.05. The van der Waals surface area contributed by atoms with E-state index >= 15 is 0 Å². The predicted molar refractivity (Wildman–Crippen MR) is 85.1 cm³/mol. The van der Waals surface area contributed by atoms with E-state index in [1.54, 1.807) is 9.80 Å². The largest absolute Gasteiger partial charge is 0.314 e. The van der Waals surface area contributed by atoms with Crippen LogP contribution in [0.4, 0.5) is 0 Å². The lowest BCUT2D eigenvalue weighted by Crippen LogP contribution is -2.50. The first-order valence-electron chi connectivity index (χ1n) is 7.69. The minimum Gasteiger partial charge on any atom is -0.314 e. The van der Waals surface area contributed by atoms with Gasteiger partial charge in [-0.2, -0.15) is 0 Å².